The van der Waals surface area contributed by atoms with Crippen LogP contribution in [0.4, 0.5) is 11.4 Å². The number of rotatable bonds is 5. The van der Waals surface area contributed by atoms with Crippen LogP contribution in [0.15, 0.2) is 47.4 Å². The molecule has 0 aromatic heterocycles. The second kappa shape index (κ2) is 7.61. The van der Waals surface area contributed by atoms with Crippen LogP contribution in [-0.2, 0) is 9.59 Å². The van der Waals surface area contributed by atoms with E-state index >= 15 is 0 Å². The van der Waals surface area contributed by atoms with Crippen LogP contribution in [0.5, 0.6) is 5.75 Å². The molecule has 5 nitrogen and oxygen atoms in total. The van der Waals surface area contributed by atoms with Gasteiger partial charge in [-0.15, -0.1) is 11.8 Å². The number of hydrogen-bond acceptors (Lipinski definition) is 4. The van der Waals surface area contributed by atoms with Crippen LogP contribution in [0.25, 0.3) is 0 Å². The van der Waals surface area contributed by atoms with Gasteiger partial charge in [-0.2, -0.15) is 0 Å². The molecular formula is C19H20N2O3S. The van der Waals surface area contributed by atoms with Gasteiger partial charge < -0.3 is 15.4 Å². The maximum absolute atomic E-state index is 12.9. The third-order valence-electron chi connectivity index (χ3n) is 4.07. The Balaban J connectivity index is 1.90. The number of methoxy groups -OCH3 is 1. The first-order valence-corrected chi connectivity index (χ1v) is 9.12. The molecule has 6 heteroatoms. The second-order valence-electron chi connectivity index (χ2n) is 5.65. The van der Waals surface area contributed by atoms with Crippen LogP contribution in [-0.4, -0.2) is 24.7 Å². The molecule has 1 aliphatic heterocycles. The van der Waals surface area contributed by atoms with E-state index in [1.54, 1.807) is 24.9 Å². The summed E-state index contributed by atoms with van der Waals surface area (Å²) in [6.07, 6.45) is 0.120. The number of nitrogens with one attached hydrogen (secondary N) is 2. The van der Waals surface area contributed by atoms with Gasteiger partial charge in [0, 0.05) is 11.3 Å². The average molecular weight is 356 g/mol. The van der Waals surface area contributed by atoms with E-state index in [1.807, 2.05) is 36.4 Å². The number of para-hydroxylation sites is 2. The quantitative estimate of drug-likeness (QED) is 0.798. The number of amides is 2. The van der Waals surface area contributed by atoms with Crippen molar-refractivity contribution >= 4 is 35.0 Å². The molecule has 1 atom stereocenters. The maximum Gasteiger partial charge on any atom is 0.232 e. The third kappa shape index (κ3) is 3.64. The Morgan fingerprint density at radius 1 is 1.28 bits per heavy atom. The lowest BCUT2D eigenvalue weighted by molar-refractivity contribution is -0.123. The molecule has 1 aliphatic rings. The predicted molar refractivity (Wildman–Crippen MR) is 100 cm³/mol. The van der Waals surface area contributed by atoms with Gasteiger partial charge >= 0.3 is 0 Å². The largest absolute Gasteiger partial charge is 0.495 e. The van der Waals surface area contributed by atoms with E-state index in [4.69, 9.17) is 4.74 Å². The SMILES string of the molecule is CCSc1ccccc1NC(=O)C1CC(=O)Nc2c(OC)cccc21. The van der Waals surface area contributed by atoms with E-state index in [0.29, 0.717) is 11.4 Å². The van der Waals surface area contributed by atoms with Gasteiger partial charge in [-0.05, 0) is 29.5 Å². The summed E-state index contributed by atoms with van der Waals surface area (Å²) in [5.74, 6) is 0.560. The monoisotopic (exact) mass is 356 g/mol. The summed E-state index contributed by atoms with van der Waals surface area (Å²) < 4.78 is 5.31. The van der Waals surface area contributed by atoms with Crippen molar-refractivity contribution in [3.05, 3.63) is 48.0 Å². The molecule has 3 rings (SSSR count). The average Bonchev–Trinajstić information content (AvgIpc) is 2.62. The van der Waals surface area contributed by atoms with Crippen molar-refractivity contribution in [3.8, 4) is 5.75 Å². The van der Waals surface area contributed by atoms with Gasteiger partial charge in [0.25, 0.3) is 0 Å². The third-order valence-corrected chi connectivity index (χ3v) is 5.02. The van der Waals surface area contributed by atoms with Crippen LogP contribution >= 0.6 is 11.8 Å². The number of carbonyl (C=O) groups excluding carboxylic acids is 2. The van der Waals surface area contributed by atoms with Crippen molar-refractivity contribution in [1.82, 2.24) is 0 Å². The summed E-state index contributed by atoms with van der Waals surface area (Å²) in [4.78, 5) is 26.0. The van der Waals surface area contributed by atoms with Crippen LogP contribution in [0, 0.1) is 0 Å². The van der Waals surface area contributed by atoms with Crippen LogP contribution in [0.1, 0.15) is 24.8 Å². The number of hydrogen-bond donors (Lipinski definition) is 2. The molecule has 0 saturated heterocycles. The number of benzene rings is 2. The van der Waals surface area contributed by atoms with Gasteiger partial charge in [-0.3, -0.25) is 9.59 Å². The van der Waals surface area contributed by atoms with Crippen molar-refractivity contribution in [1.29, 1.82) is 0 Å². The zero-order valence-electron chi connectivity index (χ0n) is 14.2. The first kappa shape index (κ1) is 17.4. The van der Waals surface area contributed by atoms with Crippen molar-refractivity contribution in [2.45, 2.75) is 24.2 Å². The number of anilines is 2. The minimum Gasteiger partial charge on any atom is -0.495 e. The summed E-state index contributed by atoms with van der Waals surface area (Å²) in [6, 6.07) is 13.2. The first-order valence-electron chi connectivity index (χ1n) is 8.13. The minimum atomic E-state index is -0.543. The first-order chi connectivity index (χ1) is 12.1. The molecular weight excluding hydrogens is 336 g/mol. The highest BCUT2D eigenvalue weighted by Gasteiger charge is 2.32. The summed E-state index contributed by atoms with van der Waals surface area (Å²) in [5, 5.41) is 5.80. The molecule has 2 amide bonds. The Bertz CT molecular complexity index is 807. The molecule has 2 aromatic rings. The van der Waals surface area contributed by atoms with Gasteiger partial charge in [-0.1, -0.05) is 31.2 Å². The summed E-state index contributed by atoms with van der Waals surface area (Å²) in [7, 11) is 1.55. The molecule has 2 aromatic carbocycles. The summed E-state index contributed by atoms with van der Waals surface area (Å²) in [6.45, 7) is 2.07. The van der Waals surface area contributed by atoms with Gasteiger partial charge in [0.05, 0.1) is 24.4 Å². The molecule has 0 bridgehead atoms. The Morgan fingerprint density at radius 3 is 2.84 bits per heavy atom. The van der Waals surface area contributed by atoms with E-state index in [9.17, 15) is 9.59 Å². The molecule has 0 fully saturated rings. The minimum absolute atomic E-state index is 0.120. The van der Waals surface area contributed by atoms with Crippen molar-refractivity contribution in [2.24, 2.45) is 0 Å². The Labute approximate surface area is 151 Å². The lowest BCUT2D eigenvalue weighted by Gasteiger charge is -2.26. The summed E-state index contributed by atoms with van der Waals surface area (Å²) in [5.41, 5.74) is 2.13. The number of fused-ring (bicyclic) bond motifs is 1. The van der Waals surface area contributed by atoms with Crippen molar-refractivity contribution in [3.63, 3.8) is 0 Å². The molecule has 0 aliphatic carbocycles. The van der Waals surface area contributed by atoms with Gasteiger partial charge in [0.2, 0.25) is 11.8 Å². The number of thioether (sulfide) groups is 1. The molecule has 130 valence electrons. The highest BCUT2D eigenvalue weighted by atomic mass is 32.2. The lowest BCUT2D eigenvalue weighted by Crippen LogP contribution is -2.31. The van der Waals surface area contributed by atoms with Gasteiger partial charge in [0.15, 0.2) is 0 Å². The zero-order chi connectivity index (χ0) is 17.8. The highest BCUT2D eigenvalue weighted by Crippen LogP contribution is 2.39. The summed E-state index contributed by atoms with van der Waals surface area (Å²) >= 11 is 1.67. The fraction of sp³-hybridized carbons (Fsp3) is 0.263. The Kier molecular flexibility index (Phi) is 5.28. The van der Waals surface area contributed by atoms with E-state index in [0.717, 1.165) is 21.9 Å². The fourth-order valence-electron chi connectivity index (χ4n) is 2.93. The normalized spacial score (nSPS) is 15.9. The van der Waals surface area contributed by atoms with Crippen LogP contribution in [0.2, 0.25) is 0 Å². The smallest absolute Gasteiger partial charge is 0.232 e. The zero-order valence-corrected chi connectivity index (χ0v) is 15.0. The Morgan fingerprint density at radius 2 is 2.08 bits per heavy atom. The standard InChI is InChI=1S/C19H20N2O3S/c1-3-25-16-10-5-4-8-14(16)20-19(23)13-11-17(22)21-18-12(13)7-6-9-15(18)24-2/h4-10,13H,3,11H2,1-2H3,(H,20,23)(H,21,22). The van der Waals surface area contributed by atoms with Crippen LogP contribution < -0.4 is 15.4 Å². The van der Waals surface area contributed by atoms with E-state index in [2.05, 4.69) is 17.6 Å². The molecule has 0 spiro atoms. The molecule has 0 radical (unpaired) electrons. The number of carbonyl (C=O) groups is 2. The highest BCUT2D eigenvalue weighted by molar-refractivity contribution is 7.99. The van der Waals surface area contributed by atoms with Gasteiger partial charge in [0.1, 0.15) is 5.75 Å². The molecule has 25 heavy (non-hydrogen) atoms. The predicted octanol–water partition coefficient (Wildman–Crippen LogP) is 3.87. The molecule has 0 saturated carbocycles. The topological polar surface area (TPSA) is 67.4 Å². The number of ether oxygens (including phenoxy) is 1. The maximum atomic E-state index is 12.9. The fourth-order valence-corrected chi connectivity index (χ4v) is 3.69. The van der Waals surface area contributed by atoms with E-state index in [1.165, 1.54) is 0 Å². The van der Waals surface area contributed by atoms with Crippen LogP contribution in [0.3, 0.4) is 0 Å². The molecule has 2 N–H and O–H groups in total. The lowest BCUT2D eigenvalue weighted by atomic mass is 9.89. The van der Waals surface area contributed by atoms with E-state index < -0.39 is 5.92 Å². The van der Waals surface area contributed by atoms with Crippen molar-refractivity contribution in [2.75, 3.05) is 23.5 Å². The van der Waals surface area contributed by atoms with Crippen molar-refractivity contribution < 1.29 is 14.3 Å². The molecule has 1 unspecified atom stereocenters. The molecule has 1 heterocycles. The van der Waals surface area contributed by atoms with E-state index in [-0.39, 0.29) is 18.2 Å². The van der Waals surface area contributed by atoms with Gasteiger partial charge in [-0.25, -0.2) is 0 Å². The Hall–Kier alpha value is -2.47. The second-order valence-corrected chi connectivity index (χ2v) is 6.95.